The molecule has 0 aliphatic rings. The largest absolute Gasteiger partial charge is 0.330 e. The van der Waals surface area contributed by atoms with Gasteiger partial charge < -0.3 is 5.73 Å². The highest BCUT2D eigenvalue weighted by molar-refractivity contribution is 5.34. The molecule has 0 aliphatic heterocycles. The number of hydrogen-bond donors (Lipinski definition) is 1. The molecule has 0 heterocycles. The minimum Gasteiger partial charge on any atom is -0.330 e. The number of rotatable bonds is 3. The van der Waals surface area contributed by atoms with Gasteiger partial charge in [-0.2, -0.15) is 5.26 Å². The molecule has 1 aromatic rings. The van der Waals surface area contributed by atoms with Gasteiger partial charge in [0.15, 0.2) is 0 Å². The SMILES string of the molecule is CCC(CN)c1cccc(C#N)c1. The summed E-state index contributed by atoms with van der Waals surface area (Å²) in [4.78, 5) is 0. The predicted molar refractivity (Wildman–Crippen MR) is 53.2 cm³/mol. The fourth-order valence-corrected chi connectivity index (χ4v) is 1.40. The number of benzene rings is 1. The van der Waals surface area contributed by atoms with Gasteiger partial charge in [-0.1, -0.05) is 19.1 Å². The van der Waals surface area contributed by atoms with Crippen LogP contribution >= 0.6 is 0 Å². The highest BCUT2D eigenvalue weighted by Crippen LogP contribution is 2.18. The fraction of sp³-hybridized carbons (Fsp3) is 0.364. The van der Waals surface area contributed by atoms with Crippen molar-refractivity contribution < 1.29 is 0 Å². The zero-order valence-corrected chi connectivity index (χ0v) is 7.83. The molecule has 0 bridgehead atoms. The molecule has 1 unspecified atom stereocenters. The number of nitrogens with zero attached hydrogens (tertiary/aromatic N) is 1. The van der Waals surface area contributed by atoms with Gasteiger partial charge in [0.05, 0.1) is 11.6 Å². The average molecular weight is 174 g/mol. The highest BCUT2D eigenvalue weighted by Gasteiger charge is 2.06. The van der Waals surface area contributed by atoms with Gasteiger partial charge in [-0.05, 0) is 36.6 Å². The fourth-order valence-electron chi connectivity index (χ4n) is 1.40. The molecule has 0 radical (unpaired) electrons. The summed E-state index contributed by atoms with van der Waals surface area (Å²) in [6.07, 6.45) is 1.02. The first-order chi connectivity index (χ1) is 6.31. The zero-order chi connectivity index (χ0) is 9.68. The van der Waals surface area contributed by atoms with E-state index in [2.05, 4.69) is 13.0 Å². The van der Waals surface area contributed by atoms with Crippen LogP contribution in [0.1, 0.15) is 30.4 Å². The summed E-state index contributed by atoms with van der Waals surface area (Å²) in [6, 6.07) is 9.80. The summed E-state index contributed by atoms with van der Waals surface area (Å²) >= 11 is 0. The Morgan fingerprint density at radius 2 is 2.31 bits per heavy atom. The summed E-state index contributed by atoms with van der Waals surface area (Å²) in [5, 5.41) is 8.71. The molecular formula is C11H14N2. The number of nitrogens with two attached hydrogens (primary N) is 1. The third-order valence-corrected chi connectivity index (χ3v) is 2.26. The molecule has 0 spiro atoms. The van der Waals surface area contributed by atoms with Gasteiger partial charge in [0, 0.05) is 0 Å². The van der Waals surface area contributed by atoms with Crippen molar-refractivity contribution >= 4 is 0 Å². The molecule has 0 aliphatic carbocycles. The van der Waals surface area contributed by atoms with E-state index >= 15 is 0 Å². The predicted octanol–water partition coefficient (Wildman–Crippen LogP) is 2.01. The number of hydrogen-bond acceptors (Lipinski definition) is 2. The van der Waals surface area contributed by atoms with E-state index in [1.165, 1.54) is 5.56 Å². The van der Waals surface area contributed by atoms with E-state index in [1.54, 1.807) is 0 Å². The van der Waals surface area contributed by atoms with Crippen LogP contribution in [0.2, 0.25) is 0 Å². The van der Waals surface area contributed by atoms with E-state index in [4.69, 9.17) is 11.0 Å². The summed E-state index contributed by atoms with van der Waals surface area (Å²) < 4.78 is 0. The van der Waals surface area contributed by atoms with Gasteiger partial charge in [-0.25, -0.2) is 0 Å². The number of nitriles is 1. The molecule has 68 valence electrons. The maximum atomic E-state index is 8.71. The van der Waals surface area contributed by atoms with Crippen molar-refractivity contribution in [2.75, 3.05) is 6.54 Å². The van der Waals surface area contributed by atoms with Crippen LogP contribution in [0, 0.1) is 11.3 Å². The van der Waals surface area contributed by atoms with Gasteiger partial charge in [0.25, 0.3) is 0 Å². The minimum absolute atomic E-state index is 0.383. The van der Waals surface area contributed by atoms with Gasteiger partial charge in [-0.15, -0.1) is 0 Å². The van der Waals surface area contributed by atoms with Gasteiger partial charge in [0.2, 0.25) is 0 Å². The minimum atomic E-state index is 0.383. The third kappa shape index (κ3) is 2.30. The smallest absolute Gasteiger partial charge is 0.0991 e. The lowest BCUT2D eigenvalue weighted by molar-refractivity contribution is 0.674. The van der Waals surface area contributed by atoms with Crippen molar-refractivity contribution in [1.82, 2.24) is 0 Å². The molecule has 0 saturated heterocycles. The monoisotopic (exact) mass is 174 g/mol. The molecule has 0 amide bonds. The third-order valence-electron chi connectivity index (χ3n) is 2.26. The summed E-state index contributed by atoms with van der Waals surface area (Å²) in [7, 11) is 0. The molecule has 0 fully saturated rings. The lowest BCUT2D eigenvalue weighted by Crippen LogP contribution is -2.11. The first-order valence-corrected chi connectivity index (χ1v) is 4.52. The van der Waals surface area contributed by atoms with Crippen LogP contribution in [-0.2, 0) is 0 Å². The molecule has 2 nitrogen and oxygen atoms in total. The van der Waals surface area contributed by atoms with Gasteiger partial charge in [-0.3, -0.25) is 0 Å². The molecule has 1 atom stereocenters. The van der Waals surface area contributed by atoms with Crippen LogP contribution in [-0.4, -0.2) is 6.54 Å². The van der Waals surface area contributed by atoms with Gasteiger partial charge >= 0.3 is 0 Å². The lowest BCUT2D eigenvalue weighted by atomic mass is 9.95. The second kappa shape index (κ2) is 4.64. The van der Waals surface area contributed by atoms with Crippen LogP contribution in [0.4, 0.5) is 0 Å². The van der Waals surface area contributed by atoms with Crippen molar-refractivity contribution in [3.05, 3.63) is 35.4 Å². The van der Waals surface area contributed by atoms with Gasteiger partial charge in [0.1, 0.15) is 0 Å². The second-order valence-electron chi connectivity index (χ2n) is 3.08. The summed E-state index contributed by atoms with van der Waals surface area (Å²) in [6.45, 7) is 2.75. The Morgan fingerprint density at radius 3 is 2.85 bits per heavy atom. The maximum absolute atomic E-state index is 8.71. The van der Waals surface area contributed by atoms with Crippen LogP contribution in [0.5, 0.6) is 0 Å². The Bertz CT molecular complexity index is 308. The van der Waals surface area contributed by atoms with Crippen molar-refractivity contribution in [3.8, 4) is 6.07 Å². The van der Waals surface area contributed by atoms with Crippen LogP contribution < -0.4 is 5.73 Å². The van der Waals surface area contributed by atoms with Crippen LogP contribution in [0.3, 0.4) is 0 Å². The molecule has 0 saturated carbocycles. The molecule has 2 N–H and O–H groups in total. The quantitative estimate of drug-likeness (QED) is 0.762. The zero-order valence-electron chi connectivity index (χ0n) is 7.83. The van der Waals surface area contributed by atoms with E-state index in [9.17, 15) is 0 Å². The maximum Gasteiger partial charge on any atom is 0.0991 e. The molecule has 13 heavy (non-hydrogen) atoms. The Hall–Kier alpha value is -1.33. The topological polar surface area (TPSA) is 49.8 Å². The van der Waals surface area contributed by atoms with E-state index < -0.39 is 0 Å². The Morgan fingerprint density at radius 1 is 1.54 bits per heavy atom. The normalized spacial score (nSPS) is 12.1. The van der Waals surface area contributed by atoms with E-state index in [0.717, 1.165) is 6.42 Å². The first-order valence-electron chi connectivity index (χ1n) is 4.52. The van der Waals surface area contributed by atoms with Crippen molar-refractivity contribution in [1.29, 1.82) is 5.26 Å². The van der Waals surface area contributed by atoms with E-state index in [0.29, 0.717) is 18.0 Å². The molecule has 0 aromatic heterocycles. The first kappa shape index (κ1) is 9.76. The standard InChI is InChI=1S/C11H14N2/c1-2-10(8-13)11-5-3-4-9(6-11)7-12/h3-6,10H,2,8,13H2,1H3. The Kier molecular flexibility index (Phi) is 3.48. The van der Waals surface area contributed by atoms with Crippen LogP contribution in [0.25, 0.3) is 0 Å². The van der Waals surface area contributed by atoms with Crippen molar-refractivity contribution in [2.45, 2.75) is 19.3 Å². The van der Waals surface area contributed by atoms with Crippen LogP contribution in [0.15, 0.2) is 24.3 Å². The molecule has 1 aromatic carbocycles. The lowest BCUT2D eigenvalue weighted by Gasteiger charge is -2.12. The molecule has 2 heteroatoms. The summed E-state index contributed by atoms with van der Waals surface area (Å²) in [5.41, 5.74) is 7.51. The van der Waals surface area contributed by atoms with Crippen molar-refractivity contribution in [2.24, 2.45) is 5.73 Å². The highest BCUT2D eigenvalue weighted by atomic mass is 14.5. The average Bonchev–Trinajstić information content (AvgIpc) is 2.20. The summed E-state index contributed by atoms with van der Waals surface area (Å²) in [5.74, 6) is 0.383. The second-order valence-corrected chi connectivity index (χ2v) is 3.08. The molecular weight excluding hydrogens is 160 g/mol. The van der Waals surface area contributed by atoms with E-state index in [1.807, 2.05) is 24.3 Å². The van der Waals surface area contributed by atoms with E-state index in [-0.39, 0.29) is 0 Å². The van der Waals surface area contributed by atoms with Crippen molar-refractivity contribution in [3.63, 3.8) is 0 Å². The Balaban J connectivity index is 2.94. The molecule has 1 rings (SSSR count). The Labute approximate surface area is 79.0 Å².